The molecule has 0 radical (unpaired) electrons. The van der Waals surface area contributed by atoms with Gasteiger partial charge < -0.3 is 10.0 Å². The molecule has 0 amide bonds. The van der Waals surface area contributed by atoms with Crippen molar-refractivity contribution in [3.8, 4) is 11.1 Å². The monoisotopic (exact) mass is 285 g/mol. The van der Waals surface area contributed by atoms with Gasteiger partial charge in [-0.15, -0.1) is 6.58 Å². The van der Waals surface area contributed by atoms with E-state index in [4.69, 9.17) is 0 Å². The van der Waals surface area contributed by atoms with Crippen LogP contribution >= 0.6 is 0 Å². The summed E-state index contributed by atoms with van der Waals surface area (Å²) in [5.41, 5.74) is 1.95. The van der Waals surface area contributed by atoms with Gasteiger partial charge in [-0.3, -0.25) is 4.68 Å². The summed E-state index contributed by atoms with van der Waals surface area (Å²) in [6.07, 6.45) is 10.6. The number of aromatic nitrogens is 4. The number of hydrogen-bond acceptors (Lipinski definition) is 5. The molecule has 21 heavy (non-hydrogen) atoms. The average Bonchev–Trinajstić information content (AvgIpc) is 2.97. The fourth-order valence-electron chi connectivity index (χ4n) is 2.44. The minimum absolute atomic E-state index is 0.184. The van der Waals surface area contributed by atoms with Crippen LogP contribution in [0.3, 0.4) is 0 Å². The normalized spacial score (nSPS) is 16.1. The van der Waals surface area contributed by atoms with Crippen molar-refractivity contribution in [2.24, 2.45) is 0 Å². The van der Waals surface area contributed by atoms with Crippen LogP contribution in [-0.4, -0.2) is 44.0 Å². The third-order valence-corrected chi connectivity index (χ3v) is 3.67. The van der Waals surface area contributed by atoms with Gasteiger partial charge in [0.15, 0.2) is 0 Å². The largest absolute Gasteiger partial charge is 0.393 e. The lowest BCUT2D eigenvalue weighted by molar-refractivity contribution is 0.145. The van der Waals surface area contributed by atoms with Crippen molar-refractivity contribution >= 4 is 5.95 Å². The van der Waals surface area contributed by atoms with Crippen molar-refractivity contribution < 1.29 is 5.11 Å². The molecule has 6 heteroatoms. The fraction of sp³-hybridized carbons (Fsp3) is 0.400. The van der Waals surface area contributed by atoms with E-state index in [9.17, 15) is 5.11 Å². The number of allylic oxidation sites excluding steroid dienone is 1. The highest BCUT2D eigenvalue weighted by molar-refractivity contribution is 5.60. The molecule has 0 spiro atoms. The molecule has 3 heterocycles. The lowest BCUT2D eigenvalue weighted by Gasteiger charge is -2.29. The molecule has 1 N–H and O–H groups in total. The number of aliphatic hydroxyl groups is 1. The SMILES string of the molecule is C=CCn1cc(-c2cnc(N3CCC(O)CC3)nc2)cn1. The lowest BCUT2D eigenvalue weighted by Crippen LogP contribution is -2.36. The third kappa shape index (κ3) is 3.11. The number of nitrogens with zero attached hydrogens (tertiary/aromatic N) is 5. The van der Waals surface area contributed by atoms with Crippen LogP contribution < -0.4 is 4.90 Å². The van der Waals surface area contributed by atoms with E-state index in [1.807, 2.05) is 23.3 Å². The minimum Gasteiger partial charge on any atom is -0.393 e. The van der Waals surface area contributed by atoms with Gasteiger partial charge in [-0.25, -0.2) is 9.97 Å². The Morgan fingerprint density at radius 1 is 1.19 bits per heavy atom. The predicted octanol–water partition coefficient (Wildman–Crippen LogP) is 1.49. The van der Waals surface area contributed by atoms with E-state index < -0.39 is 0 Å². The van der Waals surface area contributed by atoms with Gasteiger partial charge in [0.05, 0.1) is 18.8 Å². The molecule has 0 unspecified atom stereocenters. The smallest absolute Gasteiger partial charge is 0.225 e. The molecule has 3 rings (SSSR count). The van der Waals surface area contributed by atoms with E-state index in [1.165, 1.54) is 0 Å². The Labute approximate surface area is 123 Å². The van der Waals surface area contributed by atoms with Crippen molar-refractivity contribution in [3.63, 3.8) is 0 Å². The summed E-state index contributed by atoms with van der Waals surface area (Å²) < 4.78 is 1.82. The molecule has 2 aromatic rings. The van der Waals surface area contributed by atoms with E-state index in [-0.39, 0.29) is 6.10 Å². The third-order valence-electron chi connectivity index (χ3n) is 3.67. The standard InChI is InChI=1S/C15H19N5O/c1-2-5-20-11-13(10-18-20)12-8-16-15(17-9-12)19-6-3-14(21)4-7-19/h2,8-11,14,21H,1,3-7H2. The average molecular weight is 285 g/mol. The first-order valence-electron chi connectivity index (χ1n) is 7.15. The van der Waals surface area contributed by atoms with Crippen LogP contribution in [-0.2, 0) is 6.54 Å². The maximum Gasteiger partial charge on any atom is 0.225 e. The Hall–Kier alpha value is -2.21. The summed E-state index contributed by atoms with van der Waals surface area (Å²) in [6.45, 7) is 5.99. The van der Waals surface area contributed by atoms with Crippen LogP contribution in [0.5, 0.6) is 0 Å². The molecular weight excluding hydrogens is 266 g/mol. The maximum atomic E-state index is 9.53. The fourth-order valence-corrected chi connectivity index (χ4v) is 2.44. The number of hydrogen-bond donors (Lipinski definition) is 1. The summed E-state index contributed by atoms with van der Waals surface area (Å²) in [7, 11) is 0. The van der Waals surface area contributed by atoms with Crippen molar-refractivity contribution in [2.45, 2.75) is 25.5 Å². The summed E-state index contributed by atoms with van der Waals surface area (Å²) >= 11 is 0. The van der Waals surface area contributed by atoms with Crippen molar-refractivity contribution in [3.05, 3.63) is 37.4 Å². The Kier molecular flexibility index (Phi) is 3.96. The molecular formula is C15H19N5O. The summed E-state index contributed by atoms with van der Waals surface area (Å²) in [6, 6.07) is 0. The van der Waals surface area contributed by atoms with Crippen molar-refractivity contribution in [1.82, 2.24) is 19.7 Å². The minimum atomic E-state index is -0.184. The quantitative estimate of drug-likeness (QED) is 0.862. The number of rotatable bonds is 4. The number of aliphatic hydroxyl groups excluding tert-OH is 1. The van der Waals surface area contributed by atoms with Crippen LogP contribution in [0.2, 0.25) is 0 Å². The Morgan fingerprint density at radius 2 is 1.90 bits per heavy atom. The second-order valence-corrected chi connectivity index (χ2v) is 5.23. The first-order valence-corrected chi connectivity index (χ1v) is 7.15. The van der Waals surface area contributed by atoms with E-state index in [1.54, 1.807) is 12.3 Å². The molecule has 1 fully saturated rings. The molecule has 1 saturated heterocycles. The molecule has 1 aliphatic rings. The Bertz CT molecular complexity index is 599. The highest BCUT2D eigenvalue weighted by atomic mass is 16.3. The highest BCUT2D eigenvalue weighted by Crippen LogP contribution is 2.20. The second kappa shape index (κ2) is 6.05. The van der Waals surface area contributed by atoms with E-state index in [0.29, 0.717) is 6.54 Å². The van der Waals surface area contributed by atoms with Gasteiger partial charge in [-0.05, 0) is 12.8 Å². The van der Waals surface area contributed by atoms with E-state index in [0.717, 1.165) is 43.0 Å². The molecule has 2 aromatic heterocycles. The second-order valence-electron chi connectivity index (χ2n) is 5.23. The molecule has 110 valence electrons. The summed E-state index contributed by atoms with van der Waals surface area (Å²) in [5.74, 6) is 0.726. The van der Waals surface area contributed by atoms with Gasteiger partial charge in [0.2, 0.25) is 5.95 Å². The van der Waals surface area contributed by atoms with Crippen LogP contribution in [0.15, 0.2) is 37.4 Å². The molecule has 0 bridgehead atoms. The van der Waals surface area contributed by atoms with Gasteiger partial charge in [0.1, 0.15) is 0 Å². The summed E-state index contributed by atoms with van der Waals surface area (Å²) in [5, 5.41) is 13.8. The predicted molar refractivity (Wildman–Crippen MR) is 80.9 cm³/mol. The Balaban J connectivity index is 1.72. The zero-order valence-corrected chi connectivity index (χ0v) is 11.9. The topological polar surface area (TPSA) is 67.1 Å². The zero-order valence-electron chi connectivity index (χ0n) is 11.9. The highest BCUT2D eigenvalue weighted by Gasteiger charge is 2.18. The first-order chi connectivity index (χ1) is 10.3. The van der Waals surface area contributed by atoms with Gasteiger partial charge in [0, 0.05) is 42.8 Å². The van der Waals surface area contributed by atoms with Crippen LogP contribution in [0.4, 0.5) is 5.95 Å². The lowest BCUT2D eigenvalue weighted by atomic mass is 10.1. The first kappa shape index (κ1) is 13.8. The molecule has 0 aromatic carbocycles. The number of anilines is 1. The maximum absolute atomic E-state index is 9.53. The number of piperidine rings is 1. The Morgan fingerprint density at radius 3 is 2.57 bits per heavy atom. The van der Waals surface area contributed by atoms with Gasteiger partial charge in [-0.2, -0.15) is 5.10 Å². The zero-order chi connectivity index (χ0) is 14.7. The van der Waals surface area contributed by atoms with Crippen LogP contribution in [0.1, 0.15) is 12.8 Å². The van der Waals surface area contributed by atoms with Crippen molar-refractivity contribution in [2.75, 3.05) is 18.0 Å². The van der Waals surface area contributed by atoms with Crippen LogP contribution in [0.25, 0.3) is 11.1 Å². The molecule has 0 atom stereocenters. The molecule has 1 aliphatic heterocycles. The molecule has 6 nitrogen and oxygen atoms in total. The molecule has 0 saturated carbocycles. The van der Waals surface area contributed by atoms with Gasteiger partial charge >= 0.3 is 0 Å². The van der Waals surface area contributed by atoms with Gasteiger partial charge in [0.25, 0.3) is 0 Å². The van der Waals surface area contributed by atoms with Gasteiger partial charge in [-0.1, -0.05) is 6.08 Å². The van der Waals surface area contributed by atoms with E-state index in [2.05, 4.69) is 26.5 Å². The van der Waals surface area contributed by atoms with E-state index >= 15 is 0 Å². The van der Waals surface area contributed by atoms with Crippen molar-refractivity contribution in [1.29, 1.82) is 0 Å². The summed E-state index contributed by atoms with van der Waals surface area (Å²) in [4.78, 5) is 11.0. The van der Waals surface area contributed by atoms with Crippen LogP contribution in [0, 0.1) is 0 Å². The molecule has 0 aliphatic carbocycles.